The lowest BCUT2D eigenvalue weighted by molar-refractivity contribution is 0.0949. The minimum absolute atomic E-state index is 0.208. The van der Waals surface area contributed by atoms with Crippen molar-refractivity contribution in [3.63, 3.8) is 0 Å². The Morgan fingerprint density at radius 2 is 2.00 bits per heavy atom. The van der Waals surface area contributed by atoms with Crippen molar-refractivity contribution in [1.82, 2.24) is 15.3 Å². The number of nitrogens with zero attached hydrogens (tertiary/aromatic N) is 1. The van der Waals surface area contributed by atoms with Gasteiger partial charge in [0.1, 0.15) is 12.0 Å². The Morgan fingerprint density at radius 1 is 1.21 bits per heavy atom. The number of phenolic OH excluding ortho intramolecular Hbond substituents is 1. The smallest absolute Gasteiger partial charge is 0.273 e. The van der Waals surface area contributed by atoms with E-state index in [0.29, 0.717) is 25.3 Å². The summed E-state index contributed by atoms with van der Waals surface area (Å²) in [7, 11) is 0. The zero-order valence-electron chi connectivity index (χ0n) is 15.8. The number of nitrogens with two attached hydrogens (primary N) is 1. The molecular formula is C22H22N4O3. The van der Waals surface area contributed by atoms with Crippen molar-refractivity contribution in [3.05, 3.63) is 83.7 Å². The Morgan fingerprint density at radius 3 is 2.83 bits per heavy atom. The lowest BCUT2D eigenvalue weighted by Gasteiger charge is -2.06. The fourth-order valence-electron chi connectivity index (χ4n) is 3.26. The zero-order valence-corrected chi connectivity index (χ0v) is 15.8. The molecule has 0 bridgehead atoms. The molecule has 0 fully saturated rings. The molecule has 1 unspecified atom stereocenters. The van der Waals surface area contributed by atoms with Crippen molar-refractivity contribution in [2.45, 2.75) is 18.9 Å². The number of hydrogen-bond donors (Lipinski definition) is 4. The van der Waals surface area contributed by atoms with E-state index in [1.807, 2.05) is 42.6 Å². The Hall–Kier alpha value is -3.58. The summed E-state index contributed by atoms with van der Waals surface area (Å²) in [5.41, 5.74) is 9.61. The number of benzene rings is 2. The third kappa shape index (κ3) is 4.30. The summed E-state index contributed by atoms with van der Waals surface area (Å²) in [5, 5.41) is 13.2. The summed E-state index contributed by atoms with van der Waals surface area (Å²) < 4.78 is 5.45. The molecule has 4 aromatic rings. The summed E-state index contributed by atoms with van der Waals surface area (Å²) in [5.74, 6) is 0.244. The number of aromatic amines is 1. The highest BCUT2D eigenvalue weighted by atomic mass is 16.3. The summed E-state index contributed by atoms with van der Waals surface area (Å²) in [6.45, 7) is 0.452. The zero-order chi connectivity index (χ0) is 20.2. The number of carbonyl (C=O) groups is 1. The maximum Gasteiger partial charge on any atom is 0.273 e. The summed E-state index contributed by atoms with van der Waals surface area (Å²) in [6, 6.07) is 14.4. The normalized spacial score (nSPS) is 12.2. The molecule has 2 aromatic carbocycles. The Kier molecular flexibility index (Phi) is 5.31. The second-order valence-electron chi connectivity index (χ2n) is 6.91. The van der Waals surface area contributed by atoms with E-state index >= 15 is 0 Å². The van der Waals surface area contributed by atoms with Gasteiger partial charge < -0.3 is 25.6 Å². The largest absolute Gasteiger partial charge is 0.508 e. The van der Waals surface area contributed by atoms with E-state index in [1.165, 1.54) is 6.26 Å². The van der Waals surface area contributed by atoms with Gasteiger partial charge in [0.25, 0.3) is 5.91 Å². The molecule has 2 heterocycles. The van der Waals surface area contributed by atoms with Crippen molar-refractivity contribution in [3.8, 4) is 5.75 Å². The van der Waals surface area contributed by atoms with Crippen LogP contribution >= 0.6 is 0 Å². The topological polar surface area (TPSA) is 117 Å². The molecule has 0 aliphatic carbocycles. The molecule has 0 aliphatic heterocycles. The molecule has 0 radical (unpaired) electrons. The van der Waals surface area contributed by atoms with E-state index < -0.39 is 6.04 Å². The Labute approximate surface area is 167 Å². The monoisotopic (exact) mass is 390 g/mol. The molecule has 0 saturated carbocycles. The van der Waals surface area contributed by atoms with Crippen molar-refractivity contribution >= 4 is 16.8 Å². The third-order valence-electron chi connectivity index (χ3n) is 4.82. The van der Waals surface area contributed by atoms with Gasteiger partial charge in [-0.25, -0.2) is 4.98 Å². The number of phenols is 1. The Balaban J connectivity index is 1.34. The standard InChI is InChI=1S/C22H22N4O3/c23-18(11-15-12-25-19-4-2-1-3-17(15)19)22-26-20(13-29-22)21(28)24-10-9-14-5-7-16(27)8-6-14/h1-8,12-13,18,25,27H,9-11,23H2,(H,24,28). The summed E-state index contributed by atoms with van der Waals surface area (Å²) in [4.78, 5) is 19.8. The van der Waals surface area contributed by atoms with E-state index in [0.717, 1.165) is 22.0 Å². The van der Waals surface area contributed by atoms with Crippen LogP contribution in [0.15, 0.2) is 65.4 Å². The highest BCUT2D eigenvalue weighted by molar-refractivity contribution is 5.91. The maximum atomic E-state index is 12.3. The van der Waals surface area contributed by atoms with Crippen LogP contribution in [0.5, 0.6) is 5.75 Å². The highest BCUT2D eigenvalue weighted by Gasteiger charge is 2.18. The van der Waals surface area contributed by atoms with Crippen LogP contribution < -0.4 is 11.1 Å². The number of aromatic nitrogens is 2. The predicted molar refractivity (Wildman–Crippen MR) is 110 cm³/mol. The molecule has 4 rings (SSSR count). The second-order valence-corrected chi connectivity index (χ2v) is 6.91. The van der Waals surface area contributed by atoms with Crippen LogP contribution in [-0.2, 0) is 12.8 Å². The maximum absolute atomic E-state index is 12.3. The number of rotatable bonds is 7. The molecule has 0 saturated heterocycles. The second kappa shape index (κ2) is 8.20. The predicted octanol–water partition coefficient (Wildman–Crippen LogP) is 3.08. The van der Waals surface area contributed by atoms with Crippen LogP contribution in [0.3, 0.4) is 0 Å². The van der Waals surface area contributed by atoms with E-state index in [-0.39, 0.29) is 17.4 Å². The van der Waals surface area contributed by atoms with Crippen LogP contribution in [0.2, 0.25) is 0 Å². The van der Waals surface area contributed by atoms with Gasteiger partial charge in [-0.1, -0.05) is 30.3 Å². The summed E-state index contributed by atoms with van der Waals surface area (Å²) >= 11 is 0. The molecule has 7 nitrogen and oxygen atoms in total. The molecule has 1 amide bonds. The molecule has 1 atom stereocenters. The van der Waals surface area contributed by atoms with E-state index in [4.69, 9.17) is 10.2 Å². The van der Waals surface area contributed by atoms with E-state index in [1.54, 1.807) is 12.1 Å². The Bertz CT molecular complexity index is 1110. The number of nitrogens with one attached hydrogen (secondary N) is 2. The average molecular weight is 390 g/mol. The van der Waals surface area contributed by atoms with Gasteiger partial charge >= 0.3 is 0 Å². The van der Waals surface area contributed by atoms with Gasteiger partial charge in [0.2, 0.25) is 5.89 Å². The number of amides is 1. The van der Waals surface area contributed by atoms with Crippen LogP contribution in [0.25, 0.3) is 10.9 Å². The number of aromatic hydroxyl groups is 1. The van der Waals surface area contributed by atoms with Crippen LogP contribution in [0, 0.1) is 0 Å². The molecule has 0 aliphatic rings. The summed E-state index contributed by atoms with van der Waals surface area (Å²) in [6.07, 6.45) is 4.47. The molecule has 0 spiro atoms. The van der Waals surface area contributed by atoms with Gasteiger partial charge in [-0.15, -0.1) is 0 Å². The van der Waals surface area contributed by atoms with E-state index in [2.05, 4.69) is 15.3 Å². The fraction of sp³-hybridized carbons (Fsp3) is 0.182. The highest BCUT2D eigenvalue weighted by Crippen LogP contribution is 2.23. The first-order valence-corrected chi connectivity index (χ1v) is 9.42. The number of carbonyl (C=O) groups excluding carboxylic acids is 1. The van der Waals surface area contributed by atoms with Gasteiger partial charge in [0, 0.05) is 23.6 Å². The molecular weight excluding hydrogens is 368 g/mol. The van der Waals surface area contributed by atoms with Gasteiger partial charge in [-0.2, -0.15) is 0 Å². The van der Waals surface area contributed by atoms with Crippen molar-refractivity contribution < 1.29 is 14.3 Å². The lowest BCUT2D eigenvalue weighted by atomic mass is 10.1. The molecule has 148 valence electrons. The minimum Gasteiger partial charge on any atom is -0.508 e. The first kappa shape index (κ1) is 18.8. The number of hydrogen-bond acceptors (Lipinski definition) is 5. The molecule has 5 N–H and O–H groups in total. The average Bonchev–Trinajstić information content (AvgIpc) is 3.37. The first-order chi connectivity index (χ1) is 14.1. The molecule has 2 aromatic heterocycles. The third-order valence-corrected chi connectivity index (χ3v) is 4.82. The number of H-pyrrole nitrogens is 1. The molecule has 7 heteroatoms. The number of fused-ring (bicyclic) bond motifs is 1. The van der Waals surface area contributed by atoms with Crippen molar-refractivity contribution in [2.24, 2.45) is 5.73 Å². The quantitative estimate of drug-likeness (QED) is 0.387. The van der Waals surface area contributed by atoms with Gasteiger partial charge in [-0.3, -0.25) is 4.79 Å². The number of para-hydroxylation sites is 1. The first-order valence-electron chi connectivity index (χ1n) is 9.42. The lowest BCUT2D eigenvalue weighted by Crippen LogP contribution is -2.26. The van der Waals surface area contributed by atoms with Crippen LogP contribution in [0.1, 0.15) is 33.5 Å². The van der Waals surface area contributed by atoms with E-state index in [9.17, 15) is 9.90 Å². The van der Waals surface area contributed by atoms with Crippen LogP contribution in [-0.4, -0.2) is 27.5 Å². The van der Waals surface area contributed by atoms with Gasteiger partial charge in [-0.05, 0) is 42.2 Å². The van der Waals surface area contributed by atoms with Crippen molar-refractivity contribution in [2.75, 3.05) is 6.54 Å². The fourth-order valence-corrected chi connectivity index (χ4v) is 3.26. The minimum atomic E-state index is -0.451. The SMILES string of the molecule is NC(Cc1c[nH]c2ccccc12)c1nc(C(=O)NCCc2ccc(O)cc2)co1. The van der Waals surface area contributed by atoms with Crippen LogP contribution in [0.4, 0.5) is 0 Å². The molecule has 29 heavy (non-hydrogen) atoms. The van der Waals surface area contributed by atoms with Crippen molar-refractivity contribution in [1.29, 1.82) is 0 Å². The van der Waals surface area contributed by atoms with Gasteiger partial charge in [0.15, 0.2) is 5.69 Å². The van der Waals surface area contributed by atoms with Gasteiger partial charge in [0.05, 0.1) is 6.04 Å². The number of oxazole rings is 1.